The van der Waals surface area contributed by atoms with Gasteiger partial charge in [0.05, 0.1) is 7.11 Å². The Bertz CT molecular complexity index is 782. The number of ether oxygens (including phenoxy) is 1. The van der Waals surface area contributed by atoms with Gasteiger partial charge in [0.15, 0.2) is 0 Å². The van der Waals surface area contributed by atoms with Crippen LogP contribution in [0.25, 0.3) is 0 Å². The molecule has 2 rings (SSSR count). The number of carboxylic acids is 1. The molecule has 0 atom stereocenters. The van der Waals surface area contributed by atoms with E-state index in [2.05, 4.69) is 0 Å². The van der Waals surface area contributed by atoms with E-state index in [9.17, 15) is 13.2 Å². The number of rotatable bonds is 6. The van der Waals surface area contributed by atoms with Crippen LogP contribution in [0, 0.1) is 0 Å². The molecule has 22 heavy (non-hydrogen) atoms. The maximum absolute atomic E-state index is 12.6. The van der Waals surface area contributed by atoms with Crippen molar-refractivity contribution in [3.8, 4) is 5.75 Å². The van der Waals surface area contributed by atoms with Crippen LogP contribution in [0.5, 0.6) is 5.75 Å². The van der Waals surface area contributed by atoms with E-state index < -0.39 is 16.0 Å². The molecule has 0 fully saturated rings. The minimum absolute atomic E-state index is 0.0846. The van der Waals surface area contributed by atoms with Gasteiger partial charge in [-0.3, -0.25) is 0 Å². The summed E-state index contributed by atoms with van der Waals surface area (Å²) in [6, 6.07) is 8.38. The second-order valence-corrected chi connectivity index (χ2v) is 7.42. The van der Waals surface area contributed by atoms with Gasteiger partial charge in [0.1, 0.15) is 15.5 Å². The van der Waals surface area contributed by atoms with E-state index in [-0.39, 0.29) is 16.3 Å². The fourth-order valence-corrected chi connectivity index (χ4v) is 4.36. The van der Waals surface area contributed by atoms with Crippen molar-refractivity contribution < 1.29 is 23.1 Å². The van der Waals surface area contributed by atoms with Gasteiger partial charge in [-0.05, 0) is 17.5 Å². The SMILES string of the molecule is COc1ccccc1CN(C)S(=O)(=O)c1ccsc1C(=O)O. The molecule has 0 saturated heterocycles. The summed E-state index contributed by atoms with van der Waals surface area (Å²) in [7, 11) is -0.971. The number of hydrogen-bond donors (Lipinski definition) is 1. The fourth-order valence-electron chi connectivity index (χ4n) is 1.98. The van der Waals surface area contributed by atoms with E-state index in [1.54, 1.807) is 24.3 Å². The molecule has 0 spiro atoms. The standard InChI is InChI=1S/C14H15NO5S2/c1-15(9-10-5-3-4-6-11(10)20-2)22(18,19)12-7-8-21-13(12)14(16)17/h3-8H,9H2,1-2H3,(H,16,17). The predicted octanol–water partition coefficient (Wildman–Crippen LogP) is 2.28. The van der Waals surface area contributed by atoms with Gasteiger partial charge in [-0.15, -0.1) is 11.3 Å². The van der Waals surface area contributed by atoms with Gasteiger partial charge in [0.2, 0.25) is 10.0 Å². The number of thiophene rings is 1. The van der Waals surface area contributed by atoms with Crippen LogP contribution in [0.15, 0.2) is 40.6 Å². The first-order valence-electron chi connectivity index (χ1n) is 6.27. The number of sulfonamides is 1. The predicted molar refractivity (Wildman–Crippen MR) is 82.9 cm³/mol. The minimum Gasteiger partial charge on any atom is -0.496 e. The third-order valence-corrected chi connectivity index (χ3v) is 5.97. The number of carbonyl (C=O) groups is 1. The molecule has 0 aliphatic heterocycles. The van der Waals surface area contributed by atoms with Crippen LogP contribution >= 0.6 is 11.3 Å². The Balaban J connectivity index is 2.33. The van der Waals surface area contributed by atoms with Crippen LogP contribution in [0.1, 0.15) is 15.2 Å². The summed E-state index contributed by atoms with van der Waals surface area (Å²) in [5.74, 6) is -0.674. The molecule has 6 nitrogen and oxygen atoms in total. The van der Waals surface area contributed by atoms with Crippen LogP contribution < -0.4 is 4.74 Å². The second-order valence-electron chi connectivity index (χ2n) is 4.49. The van der Waals surface area contributed by atoms with E-state index >= 15 is 0 Å². The Labute approximate surface area is 132 Å². The Morgan fingerprint density at radius 1 is 1.32 bits per heavy atom. The number of aromatic carboxylic acids is 1. The van der Waals surface area contributed by atoms with Crippen molar-refractivity contribution in [2.24, 2.45) is 0 Å². The number of para-hydroxylation sites is 1. The summed E-state index contributed by atoms with van der Waals surface area (Å²) in [6.45, 7) is 0.0846. The highest BCUT2D eigenvalue weighted by atomic mass is 32.2. The van der Waals surface area contributed by atoms with E-state index in [0.29, 0.717) is 11.3 Å². The van der Waals surface area contributed by atoms with Crippen molar-refractivity contribution in [2.75, 3.05) is 14.2 Å². The number of carboxylic acid groups (broad SMARTS) is 1. The smallest absolute Gasteiger partial charge is 0.347 e. The summed E-state index contributed by atoms with van der Waals surface area (Å²) >= 11 is 0.886. The average molecular weight is 341 g/mol. The Morgan fingerprint density at radius 3 is 2.64 bits per heavy atom. The normalized spacial score (nSPS) is 11.6. The summed E-state index contributed by atoms with van der Waals surface area (Å²) in [4.78, 5) is 10.7. The lowest BCUT2D eigenvalue weighted by atomic mass is 10.2. The summed E-state index contributed by atoms with van der Waals surface area (Å²) in [5, 5.41) is 10.5. The third-order valence-electron chi connectivity index (χ3n) is 3.10. The Kier molecular flexibility index (Phi) is 4.84. The molecular formula is C14H15NO5S2. The molecule has 0 unspecified atom stereocenters. The largest absolute Gasteiger partial charge is 0.496 e. The average Bonchev–Trinajstić information content (AvgIpc) is 2.98. The van der Waals surface area contributed by atoms with Crippen molar-refractivity contribution in [3.63, 3.8) is 0 Å². The monoisotopic (exact) mass is 341 g/mol. The van der Waals surface area contributed by atoms with Crippen LogP contribution in [0.3, 0.4) is 0 Å². The van der Waals surface area contributed by atoms with Gasteiger partial charge in [0, 0.05) is 19.2 Å². The van der Waals surface area contributed by atoms with Crippen LogP contribution in [-0.4, -0.2) is 38.0 Å². The molecule has 1 heterocycles. The highest BCUT2D eigenvalue weighted by Gasteiger charge is 2.28. The van der Waals surface area contributed by atoms with Gasteiger partial charge in [-0.2, -0.15) is 4.31 Å². The Hall–Kier alpha value is -1.90. The molecule has 2 aromatic rings. The quantitative estimate of drug-likeness (QED) is 0.871. The van der Waals surface area contributed by atoms with E-state index in [4.69, 9.17) is 9.84 Å². The highest BCUT2D eigenvalue weighted by Crippen LogP contribution is 2.27. The topological polar surface area (TPSA) is 83.9 Å². The first-order chi connectivity index (χ1) is 10.4. The molecule has 0 aliphatic rings. The molecule has 118 valence electrons. The first-order valence-corrected chi connectivity index (χ1v) is 8.59. The van der Waals surface area contributed by atoms with Crippen molar-refractivity contribution >= 4 is 27.3 Å². The van der Waals surface area contributed by atoms with Crippen molar-refractivity contribution in [2.45, 2.75) is 11.4 Å². The van der Waals surface area contributed by atoms with E-state index in [0.717, 1.165) is 15.6 Å². The zero-order valence-electron chi connectivity index (χ0n) is 12.0. The summed E-state index contributed by atoms with van der Waals surface area (Å²) < 4.78 is 31.4. The van der Waals surface area contributed by atoms with Gasteiger partial charge >= 0.3 is 5.97 Å². The molecular weight excluding hydrogens is 326 g/mol. The zero-order chi connectivity index (χ0) is 16.3. The van der Waals surface area contributed by atoms with Gasteiger partial charge in [0.25, 0.3) is 0 Å². The van der Waals surface area contributed by atoms with Crippen LogP contribution in [0.2, 0.25) is 0 Å². The van der Waals surface area contributed by atoms with E-state index in [1.165, 1.54) is 25.6 Å². The second kappa shape index (κ2) is 6.47. The molecule has 1 aromatic carbocycles. The lowest BCUT2D eigenvalue weighted by Gasteiger charge is -2.18. The first kappa shape index (κ1) is 16.5. The molecule has 0 aliphatic carbocycles. The maximum atomic E-state index is 12.6. The highest BCUT2D eigenvalue weighted by molar-refractivity contribution is 7.89. The van der Waals surface area contributed by atoms with Crippen molar-refractivity contribution in [3.05, 3.63) is 46.2 Å². The zero-order valence-corrected chi connectivity index (χ0v) is 13.6. The summed E-state index contributed by atoms with van der Waals surface area (Å²) in [6.07, 6.45) is 0. The molecule has 1 N–H and O–H groups in total. The third kappa shape index (κ3) is 3.13. The Morgan fingerprint density at radius 2 is 2.00 bits per heavy atom. The fraction of sp³-hybridized carbons (Fsp3) is 0.214. The van der Waals surface area contributed by atoms with Gasteiger partial charge < -0.3 is 9.84 Å². The maximum Gasteiger partial charge on any atom is 0.347 e. The minimum atomic E-state index is -3.89. The van der Waals surface area contributed by atoms with E-state index in [1.807, 2.05) is 0 Å². The van der Waals surface area contributed by atoms with Crippen LogP contribution in [0.4, 0.5) is 0 Å². The molecule has 0 bridgehead atoms. The number of benzene rings is 1. The van der Waals surface area contributed by atoms with Crippen molar-refractivity contribution in [1.82, 2.24) is 4.31 Å². The van der Waals surface area contributed by atoms with Crippen molar-refractivity contribution in [1.29, 1.82) is 0 Å². The molecule has 0 amide bonds. The van der Waals surface area contributed by atoms with Gasteiger partial charge in [-0.25, -0.2) is 13.2 Å². The molecule has 0 saturated carbocycles. The summed E-state index contributed by atoms with van der Waals surface area (Å²) in [5.41, 5.74) is 0.697. The molecule has 1 aromatic heterocycles. The lowest BCUT2D eigenvalue weighted by Crippen LogP contribution is -2.27. The number of nitrogens with zero attached hydrogens (tertiary/aromatic N) is 1. The number of hydrogen-bond acceptors (Lipinski definition) is 5. The molecule has 0 radical (unpaired) electrons. The molecule has 8 heteroatoms. The number of methoxy groups -OCH3 is 1. The lowest BCUT2D eigenvalue weighted by molar-refractivity contribution is 0.0698. The van der Waals surface area contributed by atoms with Gasteiger partial charge in [-0.1, -0.05) is 18.2 Å². The van der Waals surface area contributed by atoms with Crippen LogP contribution in [-0.2, 0) is 16.6 Å².